The topological polar surface area (TPSA) is 153 Å². The van der Waals surface area contributed by atoms with Crippen LogP contribution >= 0.6 is 0 Å². The van der Waals surface area contributed by atoms with E-state index in [0.717, 1.165) is 0 Å². The van der Waals surface area contributed by atoms with Crippen LogP contribution in [0.3, 0.4) is 0 Å². The van der Waals surface area contributed by atoms with Gasteiger partial charge in [-0.05, 0) is 35.4 Å². The van der Waals surface area contributed by atoms with Crippen molar-refractivity contribution in [1.82, 2.24) is 15.2 Å². The number of aromatic nitrogens is 3. The number of non-ortho nitro benzene ring substituents is 2. The molecule has 11 heteroatoms. The Balaban J connectivity index is 1.65. The summed E-state index contributed by atoms with van der Waals surface area (Å²) >= 11 is 0. The Morgan fingerprint density at radius 1 is 0.815 bits per heavy atom. The van der Waals surface area contributed by atoms with E-state index in [0.29, 0.717) is 11.1 Å². The third-order valence-corrected chi connectivity index (χ3v) is 3.33. The predicted molar refractivity (Wildman–Crippen MR) is 97.1 cm³/mol. The summed E-state index contributed by atoms with van der Waals surface area (Å²) in [6.45, 7) is 0. The van der Waals surface area contributed by atoms with Crippen LogP contribution in [0, 0.1) is 20.2 Å². The quantitative estimate of drug-likeness (QED) is 0.402. The maximum Gasteiger partial charge on any atom is 0.269 e. The molecule has 0 aliphatic heterocycles. The van der Waals surface area contributed by atoms with Crippen molar-refractivity contribution in [3.05, 3.63) is 79.9 Å². The molecule has 0 fully saturated rings. The van der Waals surface area contributed by atoms with Gasteiger partial charge in [-0.2, -0.15) is 4.98 Å². The fraction of sp³-hybridized carbons (Fsp3) is 0. The smallest absolute Gasteiger partial charge is 0.258 e. The number of nitro groups is 2. The summed E-state index contributed by atoms with van der Waals surface area (Å²) in [4.78, 5) is 32.5. The Hall–Kier alpha value is -4.28. The number of nitrogens with one attached hydrogen (secondary N) is 1. The van der Waals surface area contributed by atoms with Gasteiger partial charge in [0.25, 0.3) is 17.3 Å². The Labute approximate surface area is 151 Å². The molecule has 3 aromatic rings. The first-order valence-electron chi connectivity index (χ1n) is 7.51. The highest BCUT2D eigenvalue weighted by molar-refractivity contribution is 5.82. The van der Waals surface area contributed by atoms with Gasteiger partial charge in [0, 0.05) is 36.7 Å². The zero-order valence-electron chi connectivity index (χ0n) is 13.6. The van der Waals surface area contributed by atoms with Gasteiger partial charge >= 0.3 is 0 Å². The standard InChI is InChI=1S/C16H11N7O4/c24-22(25)13-5-1-11(2-6-13)9-17-15-19-16(21-20-15)18-10-12-3-7-14(8-4-12)23(26)27/h1-10H,(H,19,20,21). The Morgan fingerprint density at radius 3 is 1.78 bits per heavy atom. The van der Waals surface area contributed by atoms with E-state index in [-0.39, 0.29) is 23.3 Å². The molecule has 0 spiro atoms. The SMILES string of the molecule is O=[N+]([O-])c1ccc(C=Nc2n[nH]c(N=Cc3ccc([N+](=O)[O-])cc3)n2)cc1. The van der Waals surface area contributed by atoms with Crippen LogP contribution in [0.1, 0.15) is 11.1 Å². The molecule has 1 aromatic heterocycles. The first-order valence-corrected chi connectivity index (χ1v) is 7.51. The molecule has 0 bridgehead atoms. The van der Waals surface area contributed by atoms with Crippen molar-refractivity contribution in [2.24, 2.45) is 9.98 Å². The molecule has 3 rings (SSSR count). The molecule has 0 atom stereocenters. The normalized spacial score (nSPS) is 11.3. The molecule has 0 saturated carbocycles. The van der Waals surface area contributed by atoms with E-state index in [9.17, 15) is 20.2 Å². The molecule has 134 valence electrons. The third kappa shape index (κ3) is 4.63. The monoisotopic (exact) mass is 365 g/mol. The van der Waals surface area contributed by atoms with Gasteiger partial charge in [-0.3, -0.25) is 20.2 Å². The van der Waals surface area contributed by atoms with E-state index in [1.165, 1.54) is 36.7 Å². The fourth-order valence-electron chi connectivity index (χ4n) is 1.99. The zero-order chi connectivity index (χ0) is 19.2. The molecular weight excluding hydrogens is 354 g/mol. The maximum absolute atomic E-state index is 10.6. The van der Waals surface area contributed by atoms with Crippen molar-refractivity contribution in [3.8, 4) is 0 Å². The summed E-state index contributed by atoms with van der Waals surface area (Å²) in [5.41, 5.74) is 1.30. The third-order valence-electron chi connectivity index (χ3n) is 3.33. The lowest BCUT2D eigenvalue weighted by molar-refractivity contribution is -0.385. The molecule has 0 aliphatic rings. The Kier molecular flexibility index (Phi) is 5.03. The molecule has 27 heavy (non-hydrogen) atoms. The van der Waals surface area contributed by atoms with Gasteiger partial charge in [-0.25, -0.2) is 15.1 Å². The van der Waals surface area contributed by atoms with Crippen molar-refractivity contribution in [2.45, 2.75) is 0 Å². The number of hydrogen-bond donors (Lipinski definition) is 1. The summed E-state index contributed by atoms with van der Waals surface area (Å²) in [5, 5.41) is 27.7. The van der Waals surface area contributed by atoms with E-state index in [1.54, 1.807) is 24.3 Å². The van der Waals surface area contributed by atoms with Crippen LogP contribution in [-0.2, 0) is 0 Å². The van der Waals surface area contributed by atoms with Gasteiger partial charge in [-0.1, -0.05) is 0 Å². The minimum absolute atomic E-state index is 0.00492. The van der Waals surface area contributed by atoms with Gasteiger partial charge in [-0.15, -0.1) is 5.10 Å². The van der Waals surface area contributed by atoms with E-state index in [2.05, 4.69) is 25.2 Å². The Bertz CT molecular complexity index is 942. The minimum Gasteiger partial charge on any atom is -0.258 e. The zero-order valence-corrected chi connectivity index (χ0v) is 13.6. The molecule has 2 aromatic carbocycles. The van der Waals surface area contributed by atoms with Crippen molar-refractivity contribution < 1.29 is 9.85 Å². The number of nitrogens with zero attached hydrogens (tertiary/aromatic N) is 6. The summed E-state index contributed by atoms with van der Waals surface area (Å²) in [5.74, 6) is 0.355. The van der Waals surface area contributed by atoms with Gasteiger partial charge in [0.1, 0.15) is 0 Å². The second-order valence-electron chi connectivity index (χ2n) is 5.17. The molecule has 0 unspecified atom stereocenters. The number of aromatic amines is 1. The second kappa shape index (κ2) is 7.74. The minimum atomic E-state index is -0.481. The van der Waals surface area contributed by atoms with Crippen LogP contribution in [0.5, 0.6) is 0 Å². The van der Waals surface area contributed by atoms with Crippen LogP contribution in [0.15, 0.2) is 58.5 Å². The lowest BCUT2D eigenvalue weighted by Crippen LogP contribution is -1.88. The van der Waals surface area contributed by atoms with Crippen LogP contribution < -0.4 is 0 Å². The van der Waals surface area contributed by atoms with Crippen molar-refractivity contribution >= 4 is 35.7 Å². The van der Waals surface area contributed by atoms with Crippen LogP contribution in [0.4, 0.5) is 23.3 Å². The second-order valence-corrected chi connectivity index (χ2v) is 5.17. The van der Waals surface area contributed by atoms with E-state index >= 15 is 0 Å². The molecule has 1 heterocycles. The highest BCUT2D eigenvalue weighted by Gasteiger charge is 2.04. The highest BCUT2D eigenvalue weighted by Crippen LogP contribution is 2.14. The lowest BCUT2D eigenvalue weighted by Gasteiger charge is -1.92. The van der Waals surface area contributed by atoms with Crippen molar-refractivity contribution in [1.29, 1.82) is 0 Å². The molecule has 11 nitrogen and oxygen atoms in total. The maximum atomic E-state index is 10.6. The van der Waals surface area contributed by atoms with Crippen LogP contribution in [0.25, 0.3) is 0 Å². The first-order chi connectivity index (χ1) is 13.0. The summed E-state index contributed by atoms with van der Waals surface area (Å²) in [6.07, 6.45) is 2.95. The number of benzene rings is 2. The van der Waals surface area contributed by atoms with Gasteiger partial charge in [0.15, 0.2) is 0 Å². The summed E-state index contributed by atoms with van der Waals surface area (Å²) in [7, 11) is 0. The number of nitro benzene ring substituents is 2. The van der Waals surface area contributed by atoms with Gasteiger partial charge in [0.2, 0.25) is 5.95 Å². The Morgan fingerprint density at radius 2 is 1.30 bits per heavy atom. The number of hydrogen-bond acceptors (Lipinski definition) is 8. The summed E-state index contributed by atoms with van der Waals surface area (Å²) in [6, 6.07) is 11.7. The lowest BCUT2D eigenvalue weighted by atomic mass is 10.2. The molecule has 0 aliphatic carbocycles. The van der Waals surface area contributed by atoms with E-state index < -0.39 is 9.85 Å². The number of H-pyrrole nitrogens is 1. The molecule has 0 radical (unpaired) electrons. The van der Waals surface area contributed by atoms with Crippen LogP contribution in [-0.4, -0.2) is 37.5 Å². The molecule has 1 N–H and O–H groups in total. The predicted octanol–water partition coefficient (Wildman–Crippen LogP) is 3.12. The van der Waals surface area contributed by atoms with Crippen LogP contribution in [0.2, 0.25) is 0 Å². The number of rotatable bonds is 6. The highest BCUT2D eigenvalue weighted by atomic mass is 16.6. The summed E-state index contributed by atoms with van der Waals surface area (Å²) < 4.78 is 0. The number of aliphatic imine (C=N–C) groups is 2. The average molecular weight is 365 g/mol. The molecular formula is C16H11N7O4. The van der Waals surface area contributed by atoms with Gasteiger partial charge < -0.3 is 0 Å². The van der Waals surface area contributed by atoms with Gasteiger partial charge in [0.05, 0.1) is 9.85 Å². The van der Waals surface area contributed by atoms with E-state index in [1.807, 2.05) is 0 Å². The molecule has 0 saturated heterocycles. The van der Waals surface area contributed by atoms with Crippen molar-refractivity contribution in [2.75, 3.05) is 0 Å². The fourth-order valence-corrected chi connectivity index (χ4v) is 1.99. The average Bonchev–Trinajstić information content (AvgIpc) is 3.13. The molecule has 0 amide bonds. The van der Waals surface area contributed by atoms with Crippen molar-refractivity contribution in [3.63, 3.8) is 0 Å². The first kappa shape index (κ1) is 17.5. The largest absolute Gasteiger partial charge is 0.269 e. The van der Waals surface area contributed by atoms with E-state index in [4.69, 9.17) is 0 Å².